The molecule has 178 valence electrons. The third kappa shape index (κ3) is 3.68. The first-order valence-electron chi connectivity index (χ1n) is 10.4. The molecule has 1 saturated carbocycles. The molecule has 0 bridgehead atoms. The van der Waals surface area contributed by atoms with Gasteiger partial charge in [0.2, 0.25) is 5.91 Å². The van der Waals surface area contributed by atoms with E-state index in [1.807, 2.05) is 0 Å². The normalized spacial score (nSPS) is 24.1. The van der Waals surface area contributed by atoms with Gasteiger partial charge in [-0.1, -0.05) is 37.0 Å². The summed E-state index contributed by atoms with van der Waals surface area (Å²) in [4.78, 5) is 33.0. The largest absolute Gasteiger partial charge is 0.423 e. The summed E-state index contributed by atoms with van der Waals surface area (Å²) in [6.07, 6.45) is -9.33. The van der Waals surface area contributed by atoms with Crippen molar-refractivity contribution < 1.29 is 35.9 Å². The molecule has 4 rings (SSSR count). The SMILES string of the molecule is Cc1ccc(N2C(=O)NC(=O)C3C2=NC(C2CCCCC2)=NC3(C(F)(F)F)C(F)(F)F)cc1. The van der Waals surface area contributed by atoms with Crippen LogP contribution < -0.4 is 10.2 Å². The molecule has 1 N–H and O–H groups in total. The lowest BCUT2D eigenvalue weighted by molar-refractivity contribution is -0.302. The van der Waals surface area contributed by atoms with Gasteiger partial charge in [-0.2, -0.15) is 26.3 Å². The number of hydrogen-bond donors (Lipinski definition) is 1. The van der Waals surface area contributed by atoms with Crippen LogP contribution in [0.1, 0.15) is 37.7 Å². The van der Waals surface area contributed by atoms with E-state index in [1.54, 1.807) is 12.2 Å². The van der Waals surface area contributed by atoms with Gasteiger partial charge in [0, 0.05) is 5.92 Å². The van der Waals surface area contributed by atoms with Crippen molar-refractivity contribution in [3.63, 3.8) is 0 Å². The Kier molecular flexibility index (Phi) is 5.52. The number of carbonyl (C=O) groups excluding carboxylic acids is 2. The Morgan fingerprint density at radius 3 is 2.09 bits per heavy atom. The van der Waals surface area contributed by atoms with E-state index in [0.717, 1.165) is 12.0 Å². The molecule has 1 aromatic rings. The number of carbonyl (C=O) groups is 2. The minimum Gasteiger partial charge on any atom is -0.277 e. The van der Waals surface area contributed by atoms with E-state index >= 15 is 0 Å². The molecule has 1 unspecified atom stereocenters. The van der Waals surface area contributed by atoms with Gasteiger partial charge in [0.25, 0.3) is 5.54 Å². The zero-order valence-corrected chi connectivity index (χ0v) is 17.4. The van der Waals surface area contributed by atoms with Gasteiger partial charge in [0.1, 0.15) is 17.6 Å². The number of rotatable bonds is 2. The number of imide groups is 1. The van der Waals surface area contributed by atoms with Crippen LogP contribution in [0.3, 0.4) is 0 Å². The van der Waals surface area contributed by atoms with Crippen molar-refractivity contribution in [2.24, 2.45) is 21.8 Å². The van der Waals surface area contributed by atoms with Crippen molar-refractivity contribution in [1.82, 2.24) is 5.32 Å². The Morgan fingerprint density at radius 2 is 1.55 bits per heavy atom. The number of nitrogens with zero attached hydrogens (tertiary/aromatic N) is 3. The maximum Gasteiger partial charge on any atom is 0.423 e. The minimum atomic E-state index is -5.98. The number of halogens is 6. The molecule has 3 amide bonds. The topological polar surface area (TPSA) is 74.1 Å². The Balaban J connectivity index is 1.98. The molecule has 33 heavy (non-hydrogen) atoms. The number of alkyl halides is 6. The Morgan fingerprint density at radius 1 is 0.970 bits per heavy atom. The summed E-state index contributed by atoms with van der Waals surface area (Å²) in [6.45, 7) is 1.72. The number of aryl methyl sites for hydroxylation is 1. The third-order valence-corrected chi connectivity index (χ3v) is 6.25. The summed E-state index contributed by atoms with van der Waals surface area (Å²) in [5.41, 5.74) is -4.03. The highest BCUT2D eigenvalue weighted by atomic mass is 19.4. The summed E-state index contributed by atoms with van der Waals surface area (Å²) >= 11 is 0. The third-order valence-electron chi connectivity index (χ3n) is 6.25. The molecular formula is C21H20F6N4O2. The molecule has 0 radical (unpaired) electrons. The highest BCUT2D eigenvalue weighted by Gasteiger charge is 2.79. The lowest BCUT2D eigenvalue weighted by Crippen LogP contribution is -2.73. The van der Waals surface area contributed by atoms with Gasteiger partial charge >= 0.3 is 18.4 Å². The van der Waals surface area contributed by atoms with Crippen LogP contribution in [0.5, 0.6) is 0 Å². The van der Waals surface area contributed by atoms with Gasteiger partial charge in [-0.25, -0.2) is 19.7 Å². The van der Waals surface area contributed by atoms with Gasteiger partial charge in [-0.05, 0) is 31.9 Å². The number of benzene rings is 1. The molecule has 1 saturated heterocycles. The van der Waals surface area contributed by atoms with E-state index in [2.05, 4.69) is 9.98 Å². The van der Waals surface area contributed by atoms with Gasteiger partial charge in [0.05, 0.1) is 5.69 Å². The fourth-order valence-electron chi connectivity index (χ4n) is 4.56. The first-order chi connectivity index (χ1) is 15.4. The average Bonchev–Trinajstić information content (AvgIpc) is 2.73. The van der Waals surface area contributed by atoms with Crippen molar-refractivity contribution >= 4 is 29.3 Å². The van der Waals surface area contributed by atoms with Gasteiger partial charge in [-0.15, -0.1) is 0 Å². The van der Waals surface area contributed by atoms with Crippen molar-refractivity contribution in [3.8, 4) is 0 Å². The summed E-state index contributed by atoms with van der Waals surface area (Å²) in [5, 5.41) is 1.63. The lowest BCUT2D eigenvalue weighted by atomic mass is 9.77. The van der Waals surface area contributed by atoms with Crippen LogP contribution in [0.2, 0.25) is 0 Å². The highest BCUT2D eigenvalue weighted by Crippen LogP contribution is 2.54. The van der Waals surface area contributed by atoms with Crippen LogP contribution in [0.25, 0.3) is 0 Å². The second kappa shape index (κ2) is 7.84. The zero-order chi connectivity index (χ0) is 24.2. The number of nitrogens with one attached hydrogen (secondary N) is 1. The number of amides is 3. The summed E-state index contributed by atoms with van der Waals surface area (Å²) < 4.78 is 85.7. The molecule has 3 aliphatic rings. The second-order valence-electron chi connectivity index (χ2n) is 8.44. The molecule has 0 aromatic heterocycles. The Bertz CT molecular complexity index is 1010. The number of fused-ring (bicyclic) bond motifs is 1. The van der Waals surface area contributed by atoms with Crippen LogP contribution in [-0.4, -0.2) is 41.5 Å². The lowest BCUT2D eigenvalue weighted by Gasteiger charge is -2.46. The van der Waals surface area contributed by atoms with E-state index in [0.29, 0.717) is 30.6 Å². The number of amidine groups is 2. The Hall–Kier alpha value is -2.92. The second-order valence-corrected chi connectivity index (χ2v) is 8.44. The molecule has 0 spiro atoms. The number of urea groups is 1. The first-order valence-corrected chi connectivity index (χ1v) is 10.4. The first kappa shape index (κ1) is 23.2. The summed E-state index contributed by atoms with van der Waals surface area (Å²) in [7, 11) is 0. The van der Waals surface area contributed by atoms with Crippen LogP contribution in [0, 0.1) is 18.8 Å². The molecule has 2 heterocycles. The van der Waals surface area contributed by atoms with E-state index in [-0.39, 0.29) is 5.69 Å². The van der Waals surface area contributed by atoms with E-state index in [1.165, 1.54) is 24.3 Å². The predicted molar refractivity (Wildman–Crippen MR) is 107 cm³/mol. The van der Waals surface area contributed by atoms with Crippen molar-refractivity contribution in [2.75, 3.05) is 4.90 Å². The highest BCUT2D eigenvalue weighted by molar-refractivity contribution is 6.32. The molecular weight excluding hydrogens is 454 g/mol. The molecule has 12 heteroatoms. The maximum atomic E-state index is 14.3. The maximum absolute atomic E-state index is 14.3. The summed E-state index contributed by atoms with van der Waals surface area (Å²) in [5.74, 6) is -6.95. The van der Waals surface area contributed by atoms with E-state index in [9.17, 15) is 35.9 Å². The van der Waals surface area contributed by atoms with Gasteiger partial charge in [-0.3, -0.25) is 10.1 Å². The van der Waals surface area contributed by atoms with E-state index in [4.69, 9.17) is 0 Å². The minimum absolute atomic E-state index is 0.0162. The average molecular weight is 474 g/mol. The van der Waals surface area contributed by atoms with Crippen LogP contribution >= 0.6 is 0 Å². The van der Waals surface area contributed by atoms with Gasteiger partial charge in [0.15, 0.2) is 0 Å². The van der Waals surface area contributed by atoms with Crippen molar-refractivity contribution in [2.45, 2.75) is 56.9 Å². The zero-order valence-electron chi connectivity index (χ0n) is 17.4. The van der Waals surface area contributed by atoms with E-state index < -0.39 is 53.3 Å². The van der Waals surface area contributed by atoms with Crippen molar-refractivity contribution in [3.05, 3.63) is 29.8 Å². The molecule has 1 atom stereocenters. The fourth-order valence-corrected chi connectivity index (χ4v) is 4.56. The fraction of sp³-hybridized carbons (Fsp3) is 0.524. The molecule has 2 aliphatic heterocycles. The quantitative estimate of drug-likeness (QED) is 0.618. The van der Waals surface area contributed by atoms with Crippen LogP contribution in [-0.2, 0) is 4.79 Å². The van der Waals surface area contributed by atoms with Crippen molar-refractivity contribution in [1.29, 1.82) is 0 Å². The molecule has 1 aromatic carbocycles. The molecule has 1 aliphatic carbocycles. The number of aliphatic imine (C=N–C) groups is 2. The number of hydrogen-bond acceptors (Lipinski definition) is 4. The smallest absolute Gasteiger partial charge is 0.277 e. The standard InChI is InChI=1S/C21H20F6N4O2/c1-11-7-9-13(10-8-11)31-16-14(17(32)29-18(31)33)19(20(22,23)24,21(25,26)27)30-15(28-16)12-5-3-2-4-6-12/h7-10,12,14H,2-6H2,1H3,(H,29,32,33). The summed E-state index contributed by atoms with van der Waals surface area (Å²) in [6, 6.07) is 4.61. The number of anilines is 1. The predicted octanol–water partition coefficient (Wildman–Crippen LogP) is 4.92. The monoisotopic (exact) mass is 474 g/mol. The molecule has 6 nitrogen and oxygen atoms in total. The van der Waals surface area contributed by atoms with Crippen LogP contribution in [0.15, 0.2) is 34.3 Å². The van der Waals surface area contributed by atoms with Crippen LogP contribution in [0.4, 0.5) is 36.8 Å². The van der Waals surface area contributed by atoms with Gasteiger partial charge < -0.3 is 0 Å². The Labute approximate surface area is 184 Å². The molecule has 2 fully saturated rings.